The predicted octanol–water partition coefficient (Wildman–Crippen LogP) is -0.619. The number of hydrogen-bond acceptors (Lipinski definition) is 4. The zero-order valence-electron chi connectivity index (χ0n) is 11.9. The van der Waals surface area contributed by atoms with Crippen LogP contribution in [0.4, 0.5) is 4.79 Å². The van der Waals surface area contributed by atoms with Gasteiger partial charge in [-0.05, 0) is 6.42 Å². The maximum absolute atomic E-state index is 12.0. The van der Waals surface area contributed by atoms with E-state index in [-0.39, 0.29) is 17.6 Å². The molecule has 8 heteroatoms. The molecule has 1 fully saturated rings. The highest BCUT2D eigenvalue weighted by atomic mass is 16.5. The fourth-order valence-electron chi connectivity index (χ4n) is 2.32. The van der Waals surface area contributed by atoms with Crippen LogP contribution in [0.25, 0.3) is 0 Å². The second kappa shape index (κ2) is 6.08. The molecule has 0 bridgehead atoms. The number of ether oxygens (including phenoxy) is 1. The number of nitrogens with zero attached hydrogens (tertiary/aromatic N) is 1. The number of aliphatic carboxylic acids is 1. The molecule has 4 N–H and O–H groups in total. The van der Waals surface area contributed by atoms with Crippen LogP contribution in [-0.4, -0.2) is 60.3 Å². The Balaban J connectivity index is 2.63. The number of nitrogens with one attached hydrogen (secondary N) is 1. The standard InChI is InChI=1S/C12H21N3O5/c1-12(2)7(4-8(12)20-3)14-11(19)15(5-9(13)16)6-10(17)18/h7-8H,4-6H2,1-3H3,(H2,13,16)(H,14,19)(H,17,18). The average molecular weight is 287 g/mol. The zero-order valence-corrected chi connectivity index (χ0v) is 11.9. The first-order valence-electron chi connectivity index (χ1n) is 6.26. The third kappa shape index (κ3) is 3.60. The van der Waals surface area contributed by atoms with Crippen molar-refractivity contribution in [3.8, 4) is 0 Å². The van der Waals surface area contributed by atoms with E-state index < -0.39 is 31.0 Å². The van der Waals surface area contributed by atoms with Gasteiger partial charge in [0.05, 0.1) is 6.10 Å². The summed E-state index contributed by atoms with van der Waals surface area (Å²) in [4.78, 5) is 34.5. The van der Waals surface area contributed by atoms with Gasteiger partial charge in [-0.25, -0.2) is 4.79 Å². The van der Waals surface area contributed by atoms with E-state index in [0.29, 0.717) is 6.42 Å². The number of nitrogens with two attached hydrogens (primary N) is 1. The molecule has 0 aliphatic heterocycles. The lowest BCUT2D eigenvalue weighted by Crippen LogP contribution is -2.63. The third-order valence-corrected chi connectivity index (χ3v) is 3.72. The minimum absolute atomic E-state index is 0.0388. The van der Waals surface area contributed by atoms with Crippen molar-refractivity contribution < 1.29 is 24.2 Å². The van der Waals surface area contributed by atoms with Gasteiger partial charge in [0.1, 0.15) is 13.1 Å². The van der Waals surface area contributed by atoms with Gasteiger partial charge in [0, 0.05) is 18.6 Å². The zero-order chi connectivity index (χ0) is 15.5. The fourth-order valence-corrected chi connectivity index (χ4v) is 2.32. The second-order valence-electron chi connectivity index (χ2n) is 5.50. The smallest absolute Gasteiger partial charge is 0.323 e. The van der Waals surface area contributed by atoms with Gasteiger partial charge in [0.15, 0.2) is 0 Å². The molecule has 8 nitrogen and oxygen atoms in total. The minimum Gasteiger partial charge on any atom is -0.480 e. The van der Waals surface area contributed by atoms with E-state index in [1.807, 2.05) is 13.8 Å². The molecule has 2 atom stereocenters. The molecule has 1 aliphatic rings. The van der Waals surface area contributed by atoms with Crippen LogP contribution in [0.5, 0.6) is 0 Å². The molecule has 0 heterocycles. The van der Waals surface area contributed by atoms with Gasteiger partial charge >= 0.3 is 12.0 Å². The van der Waals surface area contributed by atoms with E-state index in [0.717, 1.165) is 4.90 Å². The SMILES string of the molecule is COC1CC(NC(=O)N(CC(N)=O)CC(=O)O)C1(C)C. The first-order valence-corrected chi connectivity index (χ1v) is 6.26. The number of rotatable bonds is 6. The molecule has 1 saturated carbocycles. The van der Waals surface area contributed by atoms with E-state index in [4.69, 9.17) is 15.6 Å². The molecule has 3 amide bonds. The Morgan fingerprint density at radius 3 is 2.40 bits per heavy atom. The molecule has 20 heavy (non-hydrogen) atoms. The molecule has 0 radical (unpaired) electrons. The van der Waals surface area contributed by atoms with Crippen LogP contribution in [0, 0.1) is 5.41 Å². The summed E-state index contributed by atoms with van der Waals surface area (Å²) in [5, 5.41) is 11.5. The minimum atomic E-state index is -1.20. The third-order valence-electron chi connectivity index (χ3n) is 3.72. The maximum Gasteiger partial charge on any atom is 0.323 e. The predicted molar refractivity (Wildman–Crippen MR) is 69.9 cm³/mol. The number of carboxylic acids is 1. The summed E-state index contributed by atoms with van der Waals surface area (Å²) in [6.45, 7) is 2.89. The van der Waals surface area contributed by atoms with Gasteiger partial charge in [0.2, 0.25) is 5.91 Å². The van der Waals surface area contributed by atoms with Crippen molar-refractivity contribution in [2.24, 2.45) is 11.1 Å². The second-order valence-corrected chi connectivity index (χ2v) is 5.50. The summed E-state index contributed by atoms with van der Waals surface area (Å²) >= 11 is 0. The first kappa shape index (κ1) is 16.2. The van der Waals surface area contributed by atoms with Gasteiger partial charge in [-0.1, -0.05) is 13.8 Å². The highest BCUT2D eigenvalue weighted by Crippen LogP contribution is 2.42. The Kier molecular flexibility index (Phi) is 4.93. The Bertz CT molecular complexity index is 394. The van der Waals surface area contributed by atoms with Gasteiger partial charge in [-0.15, -0.1) is 0 Å². The molecule has 0 aromatic heterocycles. The van der Waals surface area contributed by atoms with E-state index >= 15 is 0 Å². The number of carbonyl (C=O) groups excluding carboxylic acids is 2. The Morgan fingerprint density at radius 2 is 2.00 bits per heavy atom. The number of hydrogen-bond donors (Lipinski definition) is 3. The van der Waals surface area contributed by atoms with E-state index in [2.05, 4.69) is 5.32 Å². The van der Waals surface area contributed by atoms with Crippen LogP contribution in [-0.2, 0) is 14.3 Å². The number of amides is 3. The van der Waals surface area contributed by atoms with Gasteiger partial charge in [-0.2, -0.15) is 0 Å². The monoisotopic (exact) mass is 287 g/mol. The van der Waals surface area contributed by atoms with Crippen molar-refractivity contribution in [1.29, 1.82) is 0 Å². The molecular formula is C12H21N3O5. The Hall–Kier alpha value is -1.83. The van der Waals surface area contributed by atoms with Crippen LogP contribution >= 0.6 is 0 Å². The van der Waals surface area contributed by atoms with Crippen LogP contribution in [0.2, 0.25) is 0 Å². The molecule has 2 unspecified atom stereocenters. The van der Waals surface area contributed by atoms with Crippen molar-refractivity contribution >= 4 is 17.9 Å². The Morgan fingerprint density at radius 1 is 1.40 bits per heavy atom. The van der Waals surface area contributed by atoms with Crippen LogP contribution in [0.15, 0.2) is 0 Å². The lowest BCUT2D eigenvalue weighted by molar-refractivity contribution is -0.138. The highest BCUT2D eigenvalue weighted by molar-refractivity contribution is 5.86. The molecule has 0 spiro atoms. The number of carboxylic acid groups (broad SMARTS) is 1. The molecular weight excluding hydrogens is 266 g/mol. The lowest BCUT2D eigenvalue weighted by atomic mass is 9.64. The summed E-state index contributed by atoms with van der Waals surface area (Å²) in [7, 11) is 1.61. The molecule has 0 aromatic carbocycles. The summed E-state index contributed by atoms with van der Waals surface area (Å²) in [6, 6.07) is -0.747. The van der Waals surface area contributed by atoms with E-state index in [1.165, 1.54) is 0 Å². The van der Waals surface area contributed by atoms with Crippen molar-refractivity contribution in [2.75, 3.05) is 20.2 Å². The molecule has 1 rings (SSSR count). The average Bonchev–Trinajstić information content (AvgIpc) is 2.31. The topological polar surface area (TPSA) is 122 Å². The van der Waals surface area contributed by atoms with Crippen molar-refractivity contribution in [1.82, 2.24) is 10.2 Å². The normalized spacial score (nSPS) is 23.6. The van der Waals surface area contributed by atoms with E-state index in [9.17, 15) is 14.4 Å². The summed E-state index contributed by atoms with van der Waals surface area (Å²) in [6.07, 6.45) is 0.684. The highest BCUT2D eigenvalue weighted by Gasteiger charge is 2.49. The summed E-state index contributed by atoms with van der Waals surface area (Å²) in [5.74, 6) is -1.96. The van der Waals surface area contributed by atoms with Crippen LogP contribution in [0.1, 0.15) is 20.3 Å². The Labute approximate surface area is 117 Å². The lowest BCUT2D eigenvalue weighted by Gasteiger charge is -2.51. The number of primary amides is 1. The molecule has 0 saturated heterocycles. The molecule has 1 aliphatic carbocycles. The van der Waals surface area contributed by atoms with Crippen molar-refractivity contribution in [2.45, 2.75) is 32.4 Å². The summed E-state index contributed by atoms with van der Waals surface area (Å²) in [5.41, 5.74) is 4.76. The quantitative estimate of drug-likeness (QED) is 0.601. The largest absolute Gasteiger partial charge is 0.480 e. The first-order chi connectivity index (χ1) is 9.18. The van der Waals surface area contributed by atoms with Gasteiger partial charge in [0.25, 0.3) is 0 Å². The summed E-state index contributed by atoms with van der Waals surface area (Å²) < 4.78 is 5.27. The van der Waals surface area contributed by atoms with Crippen LogP contribution < -0.4 is 11.1 Å². The van der Waals surface area contributed by atoms with Crippen LogP contribution in [0.3, 0.4) is 0 Å². The number of carbonyl (C=O) groups is 3. The number of methoxy groups -OCH3 is 1. The van der Waals surface area contributed by atoms with Gasteiger partial charge in [-0.3, -0.25) is 9.59 Å². The fraction of sp³-hybridized carbons (Fsp3) is 0.750. The van der Waals surface area contributed by atoms with E-state index in [1.54, 1.807) is 7.11 Å². The van der Waals surface area contributed by atoms with Gasteiger partial charge < -0.3 is 25.8 Å². The molecule has 0 aromatic rings. The number of urea groups is 1. The maximum atomic E-state index is 12.0. The molecule has 114 valence electrons. The van der Waals surface area contributed by atoms with Crippen molar-refractivity contribution in [3.63, 3.8) is 0 Å². The van der Waals surface area contributed by atoms with Crippen molar-refractivity contribution in [3.05, 3.63) is 0 Å².